The third kappa shape index (κ3) is 4.08. The molecule has 0 amide bonds. The molecule has 0 unspecified atom stereocenters. The molecule has 7 nitrogen and oxygen atoms in total. The summed E-state index contributed by atoms with van der Waals surface area (Å²) < 4.78 is 40.8. The molecule has 1 N–H and O–H groups in total. The van der Waals surface area contributed by atoms with Crippen LogP contribution in [0.25, 0.3) is 0 Å². The fraction of sp³-hybridized carbons (Fsp3) is 0.278. The molecule has 0 spiro atoms. The molecule has 0 atom stereocenters. The van der Waals surface area contributed by atoms with Crippen molar-refractivity contribution in [2.45, 2.75) is 18.7 Å². The number of hydrogen-bond donors (Lipinski definition) is 1. The van der Waals surface area contributed by atoms with Gasteiger partial charge in [-0.1, -0.05) is 12.1 Å². The van der Waals surface area contributed by atoms with Gasteiger partial charge in [0.15, 0.2) is 11.5 Å². The van der Waals surface area contributed by atoms with Crippen molar-refractivity contribution in [1.29, 1.82) is 0 Å². The van der Waals surface area contributed by atoms with E-state index in [2.05, 4.69) is 9.93 Å². The predicted molar refractivity (Wildman–Crippen MR) is 99.9 cm³/mol. The van der Waals surface area contributed by atoms with Crippen molar-refractivity contribution in [3.8, 4) is 17.2 Å². The van der Waals surface area contributed by atoms with E-state index in [1.165, 1.54) is 27.5 Å². The summed E-state index contributed by atoms with van der Waals surface area (Å²) in [5, 5.41) is 3.86. The van der Waals surface area contributed by atoms with E-state index in [0.717, 1.165) is 5.56 Å². The Morgan fingerprint density at radius 1 is 0.962 bits per heavy atom. The second-order valence-electron chi connectivity index (χ2n) is 5.55. The average molecular weight is 378 g/mol. The number of sulfonamides is 1. The van der Waals surface area contributed by atoms with Crippen molar-refractivity contribution < 1.29 is 22.6 Å². The van der Waals surface area contributed by atoms with E-state index in [1.54, 1.807) is 31.2 Å². The summed E-state index contributed by atoms with van der Waals surface area (Å²) in [6.45, 7) is 3.56. The summed E-state index contributed by atoms with van der Waals surface area (Å²) in [7, 11) is 0.713. The molecule has 8 heteroatoms. The summed E-state index contributed by atoms with van der Waals surface area (Å²) in [5.41, 5.74) is 2.03. The van der Waals surface area contributed by atoms with Crippen LogP contribution in [0.4, 0.5) is 0 Å². The molecule has 0 radical (unpaired) electrons. The molecule has 0 aliphatic carbocycles. The van der Waals surface area contributed by atoms with Crippen molar-refractivity contribution >= 4 is 16.2 Å². The van der Waals surface area contributed by atoms with Crippen molar-refractivity contribution in [3.63, 3.8) is 0 Å². The second kappa shape index (κ2) is 8.09. The first kappa shape index (κ1) is 19.6. The number of hydrazone groups is 1. The highest BCUT2D eigenvalue weighted by Crippen LogP contribution is 2.38. The molecule has 0 aliphatic rings. The van der Waals surface area contributed by atoms with Gasteiger partial charge in [0.1, 0.15) is 0 Å². The first-order valence-electron chi connectivity index (χ1n) is 7.75. The molecular formula is C18H22N2O5S. The number of ether oxygens (including phenoxy) is 3. The minimum absolute atomic E-state index is 0.189. The van der Waals surface area contributed by atoms with Gasteiger partial charge >= 0.3 is 0 Å². The molecule has 0 heterocycles. The maximum Gasteiger partial charge on any atom is 0.276 e. The zero-order valence-electron chi connectivity index (χ0n) is 15.4. The van der Waals surface area contributed by atoms with E-state index in [-0.39, 0.29) is 4.90 Å². The monoisotopic (exact) mass is 378 g/mol. The van der Waals surface area contributed by atoms with E-state index < -0.39 is 10.0 Å². The van der Waals surface area contributed by atoms with Crippen molar-refractivity contribution in [3.05, 3.63) is 47.0 Å². The lowest BCUT2D eigenvalue weighted by Gasteiger charge is -2.13. The largest absolute Gasteiger partial charge is 0.493 e. The normalized spacial score (nSPS) is 11.4. The molecule has 0 saturated carbocycles. The summed E-state index contributed by atoms with van der Waals surface area (Å²) in [6, 6.07) is 8.58. The molecule has 0 saturated heterocycles. The van der Waals surface area contributed by atoms with Crippen LogP contribution in [-0.2, 0) is 10.0 Å². The minimum atomic E-state index is -3.78. The molecule has 0 aromatic heterocycles. The lowest BCUT2D eigenvalue weighted by atomic mass is 10.2. The maximum atomic E-state index is 12.5. The average Bonchev–Trinajstić information content (AvgIpc) is 2.62. The molecule has 140 valence electrons. The first-order valence-corrected chi connectivity index (χ1v) is 9.23. The van der Waals surface area contributed by atoms with Gasteiger partial charge in [0.25, 0.3) is 10.0 Å². The van der Waals surface area contributed by atoms with Gasteiger partial charge in [0, 0.05) is 5.56 Å². The lowest BCUT2D eigenvalue weighted by Crippen LogP contribution is -2.19. The number of nitrogens with one attached hydrogen (secondary N) is 1. The van der Waals surface area contributed by atoms with Crippen LogP contribution >= 0.6 is 0 Å². The Kier molecular flexibility index (Phi) is 6.10. The molecule has 2 aromatic carbocycles. The third-order valence-corrected chi connectivity index (χ3v) is 5.11. The lowest BCUT2D eigenvalue weighted by molar-refractivity contribution is 0.324. The summed E-state index contributed by atoms with van der Waals surface area (Å²) in [5.74, 6) is 1.29. The van der Waals surface area contributed by atoms with Gasteiger partial charge in [-0.15, -0.1) is 0 Å². The summed E-state index contributed by atoms with van der Waals surface area (Å²) in [4.78, 5) is 2.41. The van der Waals surface area contributed by atoms with Crippen LogP contribution in [0.2, 0.25) is 0 Å². The highest BCUT2D eigenvalue weighted by atomic mass is 32.2. The van der Waals surface area contributed by atoms with Crippen molar-refractivity contribution in [1.82, 2.24) is 4.83 Å². The first-order chi connectivity index (χ1) is 12.3. The zero-order chi connectivity index (χ0) is 19.3. The van der Waals surface area contributed by atoms with Crippen LogP contribution in [0, 0.1) is 13.8 Å². The molecule has 26 heavy (non-hydrogen) atoms. The predicted octanol–water partition coefficient (Wildman–Crippen LogP) is 2.64. The fourth-order valence-corrected chi connectivity index (χ4v) is 3.56. The quantitative estimate of drug-likeness (QED) is 0.591. The van der Waals surface area contributed by atoms with E-state index in [9.17, 15) is 8.42 Å². The van der Waals surface area contributed by atoms with Gasteiger partial charge in [0.2, 0.25) is 5.75 Å². The maximum absolute atomic E-state index is 12.5. The Morgan fingerprint density at radius 3 is 2.27 bits per heavy atom. The molecule has 2 rings (SSSR count). The molecular weight excluding hydrogens is 356 g/mol. The Hall–Kier alpha value is -2.74. The van der Waals surface area contributed by atoms with Crippen LogP contribution in [-0.4, -0.2) is 36.0 Å². The van der Waals surface area contributed by atoms with Crippen LogP contribution in [0.5, 0.6) is 17.2 Å². The summed E-state index contributed by atoms with van der Waals surface area (Å²) in [6.07, 6.45) is 1.35. The van der Waals surface area contributed by atoms with Gasteiger partial charge in [0.05, 0.1) is 32.4 Å². The number of hydrogen-bond acceptors (Lipinski definition) is 6. The van der Waals surface area contributed by atoms with Crippen molar-refractivity contribution in [2.75, 3.05) is 21.3 Å². The number of aryl methyl sites for hydroxylation is 2. The SMILES string of the molecule is COc1ccc(/C=N/NS(=O)(=O)c2cc(C)ccc2C)c(OC)c1OC. The van der Waals surface area contributed by atoms with Crippen LogP contribution in [0.1, 0.15) is 16.7 Å². The Balaban J connectivity index is 2.32. The van der Waals surface area contributed by atoms with Crippen LogP contribution < -0.4 is 19.0 Å². The highest BCUT2D eigenvalue weighted by Gasteiger charge is 2.17. The van der Waals surface area contributed by atoms with E-state index >= 15 is 0 Å². The van der Waals surface area contributed by atoms with E-state index in [0.29, 0.717) is 28.4 Å². The van der Waals surface area contributed by atoms with Gasteiger partial charge in [-0.25, -0.2) is 4.83 Å². The van der Waals surface area contributed by atoms with Gasteiger partial charge in [-0.05, 0) is 43.2 Å². The van der Waals surface area contributed by atoms with Gasteiger partial charge < -0.3 is 14.2 Å². The second-order valence-corrected chi connectivity index (χ2v) is 7.17. The molecule has 0 aliphatic heterocycles. The molecule has 2 aromatic rings. The Morgan fingerprint density at radius 2 is 1.65 bits per heavy atom. The number of methoxy groups -OCH3 is 3. The fourth-order valence-electron chi connectivity index (χ4n) is 2.44. The number of rotatable bonds is 7. The van der Waals surface area contributed by atoms with Gasteiger partial charge in [-0.3, -0.25) is 0 Å². The smallest absolute Gasteiger partial charge is 0.276 e. The van der Waals surface area contributed by atoms with Crippen LogP contribution in [0.3, 0.4) is 0 Å². The number of nitrogens with zero attached hydrogens (tertiary/aromatic N) is 1. The number of benzene rings is 2. The minimum Gasteiger partial charge on any atom is -0.493 e. The van der Waals surface area contributed by atoms with Crippen molar-refractivity contribution in [2.24, 2.45) is 5.10 Å². The van der Waals surface area contributed by atoms with Crippen LogP contribution in [0.15, 0.2) is 40.3 Å². The Labute approximate surface area is 153 Å². The van der Waals surface area contributed by atoms with E-state index in [4.69, 9.17) is 14.2 Å². The standard InChI is InChI=1S/C18H22N2O5S/c1-12-6-7-13(2)16(10-12)26(21,22)20-19-11-14-8-9-15(23-3)18(25-5)17(14)24-4/h6-11,20H,1-5H3/b19-11+. The van der Waals surface area contributed by atoms with E-state index in [1.807, 2.05) is 13.0 Å². The third-order valence-electron chi connectivity index (χ3n) is 3.74. The molecule has 0 fully saturated rings. The molecule has 0 bridgehead atoms. The summed E-state index contributed by atoms with van der Waals surface area (Å²) >= 11 is 0. The van der Waals surface area contributed by atoms with Gasteiger partial charge in [-0.2, -0.15) is 13.5 Å². The topological polar surface area (TPSA) is 86.2 Å². The Bertz CT molecular complexity index is 923. The highest BCUT2D eigenvalue weighted by molar-refractivity contribution is 7.89. The zero-order valence-corrected chi connectivity index (χ0v) is 16.2.